The van der Waals surface area contributed by atoms with E-state index in [1.807, 2.05) is 4.90 Å². The molecule has 1 heterocycles. The highest BCUT2D eigenvalue weighted by Gasteiger charge is 2.32. The van der Waals surface area contributed by atoms with E-state index in [1.165, 1.54) is 35.2 Å². The standard InChI is InChI=1S/C18H16ClF3N2O/c1-11-18(25)24(14-4-5-16(21)15(19)9-14)7-6-23(11)10-12-2-3-13(20)8-17(12)22/h2-5,8-9,11H,6-7,10H2,1H3/t11-/m0/s1. The van der Waals surface area contributed by atoms with E-state index < -0.39 is 23.5 Å². The Morgan fingerprint density at radius 2 is 1.84 bits per heavy atom. The third-order valence-corrected chi connectivity index (χ3v) is 4.68. The van der Waals surface area contributed by atoms with Crippen molar-refractivity contribution in [1.82, 2.24) is 4.90 Å². The van der Waals surface area contributed by atoms with E-state index in [1.54, 1.807) is 6.92 Å². The number of nitrogens with zero attached hydrogens (tertiary/aromatic N) is 2. The first-order chi connectivity index (χ1) is 11.9. The summed E-state index contributed by atoms with van der Waals surface area (Å²) in [6.45, 7) is 2.80. The summed E-state index contributed by atoms with van der Waals surface area (Å²) in [7, 11) is 0. The zero-order chi connectivity index (χ0) is 18.1. The molecule has 0 bridgehead atoms. The Labute approximate surface area is 148 Å². The molecule has 1 aliphatic rings. The van der Waals surface area contributed by atoms with Gasteiger partial charge in [0.15, 0.2) is 0 Å². The molecule has 0 spiro atoms. The topological polar surface area (TPSA) is 23.6 Å². The Morgan fingerprint density at radius 1 is 1.08 bits per heavy atom. The monoisotopic (exact) mass is 368 g/mol. The zero-order valence-corrected chi connectivity index (χ0v) is 14.2. The van der Waals surface area contributed by atoms with Gasteiger partial charge in [-0.1, -0.05) is 17.7 Å². The van der Waals surface area contributed by atoms with E-state index in [9.17, 15) is 18.0 Å². The second-order valence-electron chi connectivity index (χ2n) is 5.97. The summed E-state index contributed by atoms with van der Waals surface area (Å²) in [5, 5.41) is -0.0474. The van der Waals surface area contributed by atoms with Gasteiger partial charge in [0.05, 0.1) is 11.1 Å². The summed E-state index contributed by atoms with van der Waals surface area (Å²) >= 11 is 5.79. The van der Waals surface area contributed by atoms with Gasteiger partial charge < -0.3 is 4.90 Å². The molecule has 0 unspecified atom stereocenters. The van der Waals surface area contributed by atoms with Crippen molar-refractivity contribution >= 4 is 23.2 Å². The van der Waals surface area contributed by atoms with Crippen molar-refractivity contribution in [3.8, 4) is 0 Å². The Hall–Kier alpha value is -2.05. The average molecular weight is 369 g/mol. The number of hydrogen-bond donors (Lipinski definition) is 0. The SMILES string of the molecule is C[C@H]1C(=O)N(c2ccc(F)c(Cl)c2)CCN1Cc1ccc(F)cc1F. The van der Waals surface area contributed by atoms with Gasteiger partial charge in [-0.15, -0.1) is 0 Å². The zero-order valence-electron chi connectivity index (χ0n) is 13.5. The lowest BCUT2D eigenvalue weighted by Crippen LogP contribution is -2.55. The molecule has 2 aromatic carbocycles. The molecule has 7 heteroatoms. The molecular formula is C18H16ClF3N2O. The van der Waals surface area contributed by atoms with Gasteiger partial charge in [0.25, 0.3) is 0 Å². The third kappa shape index (κ3) is 3.65. The number of anilines is 1. The van der Waals surface area contributed by atoms with Crippen molar-refractivity contribution in [2.45, 2.75) is 19.5 Å². The fraction of sp³-hybridized carbons (Fsp3) is 0.278. The summed E-state index contributed by atoms with van der Waals surface area (Å²) < 4.78 is 40.2. The van der Waals surface area contributed by atoms with Crippen LogP contribution in [-0.4, -0.2) is 29.9 Å². The summed E-state index contributed by atoms with van der Waals surface area (Å²) in [6.07, 6.45) is 0. The van der Waals surface area contributed by atoms with Crippen molar-refractivity contribution in [3.05, 3.63) is 64.4 Å². The van der Waals surface area contributed by atoms with Gasteiger partial charge in [-0.25, -0.2) is 13.2 Å². The molecule has 1 saturated heterocycles. The predicted molar refractivity (Wildman–Crippen MR) is 90.0 cm³/mol. The van der Waals surface area contributed by atoms with E-state index >= 15 is 0 Å². The Balaban J connectivity index is 1.75. The highest BCUT2D eigenvalue weighted by molar-refractivity contribution is 6.31. The molecule has 0 saturated carbocycles. The van der Waals surface area contributed by atoms with E-state index in [2.05, 4.69) is 0 Å². The third-order valence-electron chi connectivity index (χ3n) is 4.39. The normalized spacial score (nSPS) is 18.7. The summed E-state index contributed by atoms with van der Waals surface area (Å²) in [5.41, 5.74) is 0.857. The van der Waals surface area contributed by atoms with Crippen LogP contribution in [0.25, 0.3) is 0 Å². The molecule has 0 aliphatic carbocycles. The van der Waals surface area contributed by atoms with Gasteiger partial charge in [0, 0.05) is 37.0 Å². The molecule has 1 aliphatic heterocycles. The molecular weight excluding hydrogens is 353 g/mol. The minimum Gasteiger partial charge on any atom is -0.310 e. The second kappa shape index (κ2) is 7.06. The molecule has 132 valence electrons. The molecule has 0 N–H and O–H groups in total. The lowest BCUT2D eigenvalue weighted by Gasteiger charge is -2.39. The lowest BCUT2D eigenvalue weighted by atomic mass is 10.1. The van der Waals surface area contributed by atoms with Crippen molar-refractivity contribution in [2.75, 3.05) is 18.0 Å². The van der Waals surface area contributed by atoms with Gasteiger partial charge in [0.1, 0.15) is 17.5 Å². The van der Waals surface area contributed by atoms with Gasteiger partial charge in [-0.3, -0.25) is 9.69 Å². The van der Waals surface area contributed by atoms with Crippen LogP contribution < -0.4 is 4.90 Å². The first kappa shape index (κ1) is 17.8. The minimum atomic E-state index is -0.636. The van der Waals surface area contributed by atoms with Gasteiger partial charge in [0.2, 0.25) is 5.91 Å². The molecule has 1 atom stereocenters. The van der Waals surface area contributed by atoms with Crippen LogP contribution >= 0.6 is 11.6 Å². The highest BCUT2D eigenvalue weighted by atomic mass is 35.5. The lowest BCUT2D eigenvalue weighted by molar-refractivity contribution is -0.125. The molecule has 0 radical (unpaired) electrons. The molecule has 1 amide bonds. The number of carbonyl (C=O) groups excluding carboxylic acids is 1. The second-order valence-corrected chi connectivity index (χ2v) is 6.38. The minimum absolute atomic E-state index is 0.0474. The predicted octanol–water partition coefficient (Wildman–Crippen LogP) is 3.99. The van der Waals surface area contributed by atoms with Gasteiger partial charge in [-0.2, -0.15) is 0 Å². The molecule has 3 rings (SSSR count). The van der Waals surface area contributed by atoms with E-state index in [0.29, 0.717) is 24.3 Å². The molecule has 3 nitrogen and oxygen atoms in total. The van der Waals surface area contributed by atoms with Crippen LogP contribution in [0.3, 0.4) is 0 Å². The van der Waals surface area contributed by atoms with Crippen LogP contribution in [0.1, 0.15) is 12.5 Å². The van der Waals surface area contributed by atoms with Crippen molar-refractivity contribution < 1.29 is 18.0 Å². The van der Waals surface area contributed by atoms with Crippen LogP contribution in [0.5, 0.6) is 0 Å². The first-order valence-electron chi connectivity index (χ1n) is 7.81. The maximum atomic E-state index is 13.8. The quantitative estimate of drug-likeness (QED) is 0.817. The maximum absolute atomic E-state index is 13.8. The Morgan fingerprint density at radius 3 is 2.52 bits per heavy atom. The van der Waals surface area contributed by atoms with Crippen molar-refractivity contribution in [2.24, 2.45) is 0 Å². The van der Waals surface area contributed by atoms with E-state index in [-0.39, 0.29) is 17.5 Å². The largest absolute Gasteiger partial charge is 0.310 e. The first-order valence-corrected chi connectivity index (χ1v) is 8.19. The summed E-state index contributed by atoms with van der Waals surface area (Å²) in [4.78, 5) is 16.0. The number of amides is 1. The van der Waals surface area contributed by atoms with Crippen molar-refractivity contribution in [1.29, 1.82) is 0 Å². The maximum Gasteiger partial charge on any atom is 0.244 e. The number of hydrogen-bond acceptors (Lipinski definition) is 2. The highest BCUT2D eigenvalue weighted by Crippen LogP contribution is 2.26. The average Bonchev–Trinajstić information content (AvgIpc) is 2.57. The molecule has 2 aromatic rings. The summed E-state index contributed by atoms with van der Waals surface area (Å²) in [6, 6.07) is 7.05. The van der Waals surface area contributed by atoms with E-state index in [4.69, 9.17) is 11.6 Å². The molecule has 1 fully saturated rings. The summed E-state index contributed by atoms with van der Waals surface area (Å²) in [5.74, 6) is -2.00. The Kier molecular flexibility index (Phi) is 5.01. The Bertz CT molecular complexity index is 815. The van der Waals surface area contributed by atoms with Crippen LogP contribution in [-0.2, 0) is 11.3 Å². The van der Waals surface area contributed by atoms with Crippen molar-refractivity contribution in [3.63, 3.8) is 0 Å². The van der Waals surface area contributed by atoms with Gasteiger partial charge in [-0.05, 0) is 31.2 Å². The van der Waals surface area contributed by atoms with Crippen LogP contribution in [0.15, 0.2) is 36.4 Å². The molecule has 0 aromatic heterocycles. The fourth-order valence-electron chi connectivity index (χ4n) is 2.91. The smallest absolute Gasteiger partial charge is 0.244 e. The number of benzene rings is 2. The van der Waals surface area contributed by atoms with Crippen LogP contribution in [0.4, 0.5) is 18.9 Å². The number of halogens is 4. The van der Waals surface area contributed by atoms with E-state index in [0.717, 1.165) is 6.07 Å². The number of rotatable bonds is 3. The fourth-order valence-corrected chi connectivity index (χ4v) is 3.08. The number of piperazine rings is 1. The number of carbonyl (C=O) groups is 1. The van der Waals surface area contributed by atoms with Crippen LogP contribution in [0, 0.1) is 17.5 Å². The van der Waals surface area contributed by atoms with Crippen LogP contribution in [0.2, 0.25) is 5.02 Å². The van der Waals surface area contributed by atoms with Gasteiger partial charge >= 0.3 is 0 Å². The molecule has 25 heavy (non-hydrogen) atoms.